The van der Waals surface area contributed by atoms with Crippen LogP contribution in [0.4, 0.5) is 5.69 Å². The molecule has 1 saturated heterocycles. The van der Waals surface area contributed by atoms with Crippen LogP contribution >= 0.6 is 0 Å². The lowest BCUT2D eigenvalue weighted by Gasteiger charge is -2.22. The number of nitrogens with one attached hydrogen (secondary N) is 3. The number of carbonyl (C=O) groups is 3. The first kappa shape index (κ1) is 21.4. The Bertz CT molecular complexity index is 887. The van der Waals surface area contributed by atoms with Gasteiger partial charge >= 0.3 is 11.8 Å². The van der Waals surface area contributed by atoms with Crippen molar-refractivity contribution in [3.05, 3.63) is 59.9 Å². The molecule has 158 valence electrons. The summed E-state index contributed by atoms with van der Waals surface area (Å²) in [5.41, 5.74) is 1.44. The summed E-state index contributed by atoms with van der Waals surface area (Å²) < 4.78 is 0. The van der Waals surface area contributed by atoms with Crippen LogP contribution in [0, 0.1) is 0 Å². The molecular weight excluding hydrogens is 382 g/mol. The second kappa shape index (κ2) is 10.5. The van der Waals surface area contributed by atoms with E-state index in [1.807, 2.05) is 6.07 Å². The number of anilines is 1. The van der Waals surface area contributed by atoms with Gasteiger partial charge in [-0.2, -0.15) is 0 Å². The van der Waals surface area contributed by atoms with Crippen LogP contribution < -0.4 is 16.0 Å². The molecule has 1 aliphatic rings. The monoisotopic (exact) mass is 409 g/mol. The summed E-state index contributed by atoms with van der Waals surface area (Å²) in [6.45, 7) is 4.78. The van der Waals surface area contributed by atoms with E-state index in [4.69, 9.17) is 0 Å². The van der Waals surface area contributed by atoms with E-state index >= 15 is 0 Å². The number of likely N-dealkylation sites (N-methyl/N-ethyl adjacent to an activating group) is 1. The van der Waals surface area contributed by atoms with Crippen molar-refractivity contribution < 1.29 is 14.4 Å². The smallest absolute Gasteiger partial charge is 0.313 e. The summed E-state index contributed by atoms with van der Waals surface area (Å²) in [5, 5.41) is 8.05. The summed E-state index contributed by atoms with van der Waals surface area (Å²) >= 11 is 0. The number of hydrogen-bond acceptors (Lipinski definition) is 5. The number of aromatic nitrogens is 1. The second-order valence-corrected chi connectivity index (χ2v) is 7.18. The van der Waals surface area contributed by atoms with Crippen LogP contribution in [0.25, 0.3) is 0 Å². The fraction of sp³-hybridized carbons (Fsp3) is 0.364. The van der Waals surface area contributed by atoms with Gasteiger partial charge in [-0.3, -0.25) is 24.3 Å². The van der Waals surface area contributed by atoms with E-state index in [0.29, 0.717) is 13.1 Å². The molecule has 1 atom stereocenters. The van der Waals surface area contributed by atoms with Gasteiger partial charge in [-0.25, -0.2) is 0 Å². The maximum atomic E-state index is 12.6. The minimum absolute atomic E-state index is 0.261. The Hall–Kier alpha value is -3.26. The van der Waals surface area contributed by atoms with Crippen molar-refractivity contribution in [2.75, 3.05) is 25.0 Å². The number of hydrogen-bond donors (Lipinski definition) is 3. The van der Waals surface area contributed by atoms with Crippen LogP contribution in [-0.4, -0.2) is 53.3 Å². The maximum absolute atomic E-state index is 12.6. The summed E-state index contributed by atoms with van der Waals surface area (Å²) in [7, 11) is 0. The fourth-order valence-corrected chi connectivity index (χ4v) is 3.58. The molecule has 2 heterocycles. The average molecular weight is 409 g/mol. The lowest BCUT2D eigenvalue weighted by molar-refractivity contribution is -0.136. The molecule has 1 aliphatic heterocycles. The summed E-state index contributed by atoms with van der Waals surface area (Å²) in [6.07, 6.45) is 5.44. The van der Waals surface area contributed by atoms with E-state index in [0.717, 1.165) is 31.5 Å². The molecule has 0 spiro atoms. The zero-order valence-electron chi connectivity index (χ0n) is 17.1. The van der Waals surface area contributed by atoms with Gasteiger partial charge in [0, 0.05) is 31.5 Å². The van der Waals surface area contributed by atoms with Gasteiger partial charge in [0.15, 0.2) is 0 Å². The highest BCUT2D eigenvalue weighted by Gasteiger charge is 2.25. The molecular formula is C22H27N5O3. The number of pyridine rings is 1. The molecule has 30 heavy (non-hydrogen) atoms. The maximum Gasteiger partial charge on any atom is 0.313 e. The van der Waals surface area contributed by atoms with Crippen molar-refractivity contribution in [2.45, 2.75) is 32.4 Å². The van der Waals surface area contributed by atoms with Gasteiger partial charge in [-0.1, -0.05) is 25.1 Å². The van der Waals surface area contributed by atoms with E-state index in [1.165, 1.54) is 0 Å². The minimum atomic E-state index is -0.788. The molecule has 0 radical (unpaired) electrons. The third-order valence-electron chi connectivity index (χ3n) is 5.21. The van der Waals surface area contributed by atoms with Crippen molar-refractivity contribution in [3.8, 4) is 0 Å². The third-order valence-corrected chi connectivity index (χ3v) is 5.21. The fourth-order valence-electron chi connectivity index (χ4n) is 3.58. The number of benzene rings is 1. The van der Waals surface area contributed by atoms with E-state index in [9.17, 15) is 14.4 Å². The quantitative estimate of drug-likeness (QED) is 0.602. The predicted octanol–water partition coefficient (Wildman–Crippen LogP) is 1.55. The first-order valence-corrected chi connectivity index (χ1v) is 10.2. The lowest BCUT2D eigenvalue weighted by Crippen LogP contribution is -2.43. The molecule has 1 fully saturated rings. The Labute approximate surface area is 176 Å². The number of para-hydroxylation sites is 1. The first-order valence-electron chi connectivity index (χ1n) is 10.2. The van der Waals surface area contributed by atoms with Gasteiger partial charge in [-0.05, 0) is 49.7 Å². The van der Waals surface area contributed by atoms with Gasteiger partial charge in [0.05, 0.1) is 11.3 Å². The van der Waals surface area contributed by atoms with Crippen molar-refractivity contribution in [2.24, 2.45) is 0 Å². The van der Waals surface area contributed by atoms with Crippen LogP contribution in [0.15, 0.2) is 48.8 Å². The highest BCUT2D eigenvalue weighted by Crippen LogP contribution is 2.16. The van der Waals surface area contributed by atoms with E-state index < -0.39 is 11.8 Å². The number of rotatable bonds is 7. The molecule has 0 aliphatic carbocycles. The summed E-state index contributed by atoms with van der Waals surface area (Å²) in [4.78, 5) is 43.5. The van der Waals surface area contributed by atoms with Crippen LogP contribution in [0.1, 0.15) is 35.7 Å². The topological polar surface area (TPSA) is 103 Å². The SMILES string of the molecule is CCN1CCC[C@@H]1CNC(=O)C(=O)Nc1ccccc1C(=O)NCc1cccnc1. The molecule has 2 aromatic rings. The van der Waals surface area contributed by atoms with Gasteiger partial charge < -0.3 is 16.0 Å². The van der Waals surface area contributed by atoms with E-state index in [1.54, 1.807) is 42.7 Å². The van der Waals surface area contributed by atoms with Gasteiger partial charge in [0.1, 0.15) is 0 Å². The van der Waals surface area contributed by atoms with Crippen molar-refractivity contribution in [1.82, 2.24) is 20.5 Å². The van der Waals surface area contributed by atoms with Crippen LogP contribution in [0.3, 0.4) is 0 Å². The molecule has 0 unspecified atom stereocenters. The molecule has 3 amide bonds. The van der Waals surface area contributed by atoms with Gasteiger partial charge in [0.25, 0.3) is 5.91 Å². The third kappa shape index (κ3) is 5.64. The Morgan fingerprint density at radius 3 is 2.70 bits per heavy atom. The number of nitrogens with zero attached hydrogens (tertiary/aromatic N) is 2. The Balaban J connectivity index is 1.56. The highest BCUT2D eigenvalue weighted by molar-refractivity contribution is 6.40. The van der Waals surface area contributed by atoms with Crippen LogP contribution in [0.2, 0.25) is 0 Å². The minimum Gasteiger partial charge on any atom is -0.348 e. The number of likely N-dealkylation sites (tertiary alicyclic amines) is 1. The molecule has 8 heteroatoms. The largest absolute Gasteiger partial charge is 0.348 e. The molecule has 3 rings (SSSR count). The lowest BCUT2D eigenvalue weighted by atomic mass is 10.1. The predicted molar refractivity (Wildman–Crippen MR) is 114 cm³/mol. The van der Waals surface area contributed by atoms with Gasteiger partial charge in [-0.15, -0.1) is 0 Å². The number of carbonyl (C=O) groups excluding carboxylic acids is 3. The molecule has 0 bridgehead atoms. The van der Waals surface area contributed by atoms with Crippen LogP contribution in [-0.2, 0) is 16.1 Å². The second-order valence-electron chi connectivity index (χ2n) is 7.18. The molecule has 1 aromatic carbocycles. The highest BCUT2D eigenvalue weighted by atomic mass is 16.2. The van der Waals surface area contributed by atoms with Crippen molar-refractivity contribution in [1.29, 1.82) is 0 Å². The van der Waals surface area contributed by atoms with E-state index in [-0.39, 0.29) is 23.2 Å². The van der Waals surface area contributed by atoms with E-state index in [2.05, 4.69) is 32.8 Å². The van der Waals surface area contributed by atoms with Crippen LogP contribution in [0.5, 0.6) is 0 Å². The Morgan fingerprint density at radius 1 is 1.10 bits per heavy atom. The summed E-state index contributed by atoms with van der Waals surface area (Å²) in [5.74, 6) is -1.84. The van der Waals surface area contributed by atoms with Crippen molar-refractivity contribution in [3.63, 3.8) is 0 Å². The Morgan fingerprint density at radius 2 is 1.93 bits per heavy atom. The standard InChI is InChI=1S/C22H27N5O3/c1-2-27-12-6-8-17(27)15-25-21(29)22(30)26-19-10-4-3-9-18(19)20(28)24-14-16-7-5-11-23-13-16/h3-5,7,9-11,13,17H,2,6,8,12,14-15H2,1H3,(H,24,28)(H,25,29)(H,26,30)/t17-/m1/s1. The first-order chi connectivity index (χ1) is 14.6. The Kier molecular flexibility index (Phi) is 7.51. The normalized spacial score (nSPS) is 16.1. The van der Waals surface area contributed by atoms with Gasteiger partial charge in [0.2, 0.25) is 0 Å². The zero-order chi connectivity index (χ0) is 21.3. The summed E-state index contributed by atoms with van der Waals surface area (Å²) in [6, 6.07) is 10.5. The molecule has 1 aromatic heterocycles. The average Bonchev–Trinajstić information content (AvgIpc) is 3.24. The zero-order valence-corrected chi connectivity index (χ0v) is 17.1. The molecule has 3 N–H and O–H groups in total. The molecule has 0 saturated carbocycles. The number of amides is 3. The van der Waals surface area contributed by atoms with Crippen molar-refractivity contribution >= 4 is 23.4 Å². The molecule has 8 nitrogen and oxygen atoms in total.